The lowest BCUT2D eigenvalue weighted by molar-refractivity contribution is 0.298. The van der Waals surface area contributed by atoms with E-state index in [0.29, 0.717) is 24.6 Å². The molecule has 2 aromatic rings. The van der Waals surface area contributed by atoms with E-state index < -0.39 is 10.0 Å². The van der Waals surface area contributed by atoms with Crippen molar-refractivity contribution in [2.24, 2.45) is 0 Å². The van der Waals surface area contributed by atoms with E-state index in [1.807, 2.05) is 30.5 Å². The maximum absolute atomic E-state index is 12.2. The van der Waals surface area contributed by atoms with Crippen molar-refractivity contribution in [1.29, 1.82) is 0 Å². The summed E-state index contributed by atoms with van der Waals surface area (Å²) in [5.41, 5.74) is 1.81. The molecule has 3 rings (SSSR count). The monoisotopic (exact) mass is 336 g/mol. The Balaban J connectivity index is 2.14. The first-order valence-corrected chi connectivity index (χ1v) is 9.14. The zero-order chi connectivity index (χ0) is 16.6. The van der Waals surface area contributed by atoms with Crippen LogP contribution in [-0.4, -0.2) is 44.3 Å². The third-order valence-electron chi connectivity index (χ3n) is 4.14. The lowest BCUT2D eigenvalue weighted by Gasteiger charge is -2.35. The quantitative estimate of drug-likeness (QED) is 0.855. The molecule has 0 saturated heterocycles. The molecule has 6 nitrogen and oxygen atoms in total. The van der Waals surface area contributed by atoms with Gasteiger partial charge in [0.15, 0.2) is 11.5 Å². The molecule has 1 aliphatic heterocycles. The van der Waals surface area contributed by atoms with Gasteiger partial charge in [-0.1, -0.05) is 6.07 Å². The summed E-state index contributed by atoms with van der Waals surface area (Å²) in [5.74, 6) is 1.20. The molecule has 0 radical (unpaired) electrons. The molecule has 0 amide bonds. The first kappa shape index (κ1) is 15.9. The van der Waals surface area contributed by atoms with Crippen LogP contribution in [0.1, 0.15) is 17.3 Å². The molecule has 0 spiro atoms. The van der Waals surface area contributed by atoms with E-state index in [9.17, 15) is 8.42 Å². The normalized spacial score (nSPS) is 18.5. The first-order chi connectivity index (χ1) is 11.0. The predicted octanol–water partition coefficient (Wildman–Crippen LogP) is 1.87. The summed E-state index contributed by atoms with van der Waals surface area (Å²) in [6.07, 6.45) is 3.22. The maximum atomic E-state index is 12.2. The van der Waals surface area contributed by atoms with Gasteiger partial charge in [0.05, 0.1) is 26.5 Å². The van der Waals surface area contributed by atoms with Crippen LogP contribution in [0.4, 0.5) is 0 Å². The second-order valence-electron chi connectivity index (χ2n) is 5.52. The topological polar surface area (TPSA) is 60.8 Å². The van der Waals surface area contributed by atoms with E-state index in [1.54, 1.807) is 20.3 Å². The van der Waals surface area contributed by atoms with E-state index in [2.05, 4.69) is 4.57 Å². The van der Waals surface area contributed by atoms with E-state index in [1.165, 1.54) is 10.6 Å². The molecule has 0 bridgehead atoms. The number of methoxy groups -OCH3 is 2. The van der Waals surface area contributed by atoms with Crippen LogP contribution in [0, 0.1) is 0 Å². The molecular weight excluding hydrogens is 316 g/mol. The van der Waals surface area contributed by atoms with Crippen molar-refractivity contribution in [2.45, 2.75) is 12.6 Å². The number of benzene rings is 1. The van der Waals surface area contributed by atoms with Gasteiger partial charge in [0.25, 0.3) is 0 Å². The summed E-state index contributed by atoms with van der Waals surface area (Å²) in [5, 5.41) is 0. The molecule has 23 heavy (non-hydrogen) atoms. The summed E-state index contributed by atoms with van der Waals surface area (Å²) < 4.78 is 38.7. The molecule has 0 saturated carbocycles. The fourth-order valence-corrected chi connectivity index (χ4v) is 4.11. The van der Waals surface area contributed by atoms with Crippen molar-refractivity contribution in [3.63, 3.8) is 0 Å². The lowest BCUT2D eigenvalue weighted by atomic mass is 10.0. The van der Waals surface area contributed by atoms with E-state index in [0.717, 1.165) is 11.3 Å². The summed E-state index contributed by atoms with van der Waals surface area (Å²) >= 11 is 0. The minimum absolute atomic E-state index is 0.367. The SMILES string of the molecule is COc1ccc(C2c3cccn3CCN2S(C)(=O)=O)cc1OC. The maximum Gasteiger partial charge on any atom is 0.212 e. The molecule has 7 heteroatoms. The number of hydrogen-bond acceptors (Lipinski definition) is 4. The number of ether oxygens (including phenoxy) is 2. The Kier molecular flexibility index (Phi) is 4.08. The average molecular weight is 336 g/mol. The van der Waals surface area contributed by atoms with E-state index in [-0.39, 0.29) is 6.04 Å². The molecule has 1 aromatic carbocycles. The highest BCUT2D eigenvalue weighted by Crippen LogP contribution is 2.38. The van der Waals surface area contributed by atoms with Crippen molar-refractivity contribution in [2.75, 3.05) is 27.0 Å². The number of nitrogens with zero attached hydrogens (tertiary/aromatic N) is 2. The second kappa shape index (κ2) is 5.90. The Morgan fingerprint density at radius 1 is 1.09 bits per heavy atom. The lowest BCUT2D eigenvalue weighted by Crippen LogP contribution is -2.41. The van der Waals surface area contributed by atoms with Crippen molar-refractivity contribution in [3.8, 4) is 11.5 Å². The predicted molar refractivity (Wildman–Crippen MR) is 87.4 cm³/mol. The third-order valence-corrected chi connectivity index (χ3v) is 5.39. The van der Waals surface area contributed by atoms with Gasteiger partial charge < -0.3 is 14.0 Å². The van der Waals surface area contributed by atoms with Crippen LogP contribution in [0.25, 0.3) is 0 Å². The number of hydrogen-bond donors (Lipinski definition) is 0. The van der Waals surface area contributed by atoms with Crippen LogP contribution in [0.5, 0.6) is 11.5 Å². The molecule has 0 fully saturated rings. The Morgan fingerprint density at radius 3 is 2.48 bits per heavy atom. The number of aromatic nitrogens is 1. The van der Waals surface area contributed by atoms with Crippen molar-refractivity contribution >= 4 is 10.0 Å². The molecule has 1 unspecified atom stereocenters. The molecule has 2 heterocycles. The summed E-state index contributed by atoms with van der Waals surface area (Å²) in [4.78, 5) is 0. The van der Waals surface area contributed by atoms with E-state index in [4.69, 9.17) is 9.47 Å². The highest BCUT2D eigenvalue weighted by molar-refractivity contribution is 7.88. The largest absolute Gasteiger partial charge is 0.493 e. The van der Waals surface area contributed by atoms with Gasteiger partial charge in [-0.05, 0) is 29.8 Å². The highest BCUT2D eigenvalue weighted by atomic mass is 32.2. The Hall–Kier alpha value is -1.99. The van der Waals surface area contributed by atoms with Crippen LogP contribution in [0.2, 0.25) is 0 Å². The fourth-order valence-electron chi connectivity index (χ4n) is 3.08. The molecule has 1 aliphatic rings. The van der Waals surface area contributed by atoms with Crippen LogP contribution >= 0.6 is 0 Å². The van der Waals surface area contributed by atoms with Gasteiger partial charge in [-0.3, -0.25) is 0 Å². The molecule has 0 aliphatic carbocycles. The van der Waals surface area contributed by atoms with Gasteiger partial charge in [0, 0.05) is 25.0 Å². The van der Waals surface area contributed by atoms with Crippen LogP contribution < -0.4 is 9.47 Å². The summed E-state index contributed by atoms with van der Waals surface area (Å²) in [6.45, 7) is 1.10. The minimum Gasteiger partial charge on any atom is -0.493 e. The Bertz CT molecular complexity index is 813. The molecule has 1 aromatic heterocycles. The highest BCUT2D eigenvalue weighted by Gasteiger charge is 2.34. The first-order valence-electron chi connectivity index (χ1n) is 7.29. The van der Waals surface area contributed by atoms with Crippen LogP contribution in [0.15, 0.2) is 36.5 Å². The van der Waals surface area contributed by atoms with Crippen LogP contribution in [-0.2, 0) is 16.6 Å². The number of fused-ring (bicyclic) bond motifs is 1. The Labute approximate surface area is 136 Å². The number of sulfonamides is 1. The van der Waals surface area contributed by atoms with Gasteiger partial charge >= 0.3 is 0 Å². The van der Waals surface area contributed by atoms with Gasteiger partial charge in [0.1, 0.15) is 0 Å². The molecule has 124 valence electrons. The summed E-state index contributed by atoms with van der Waals surface area (Å²) in [7, 11) is -0.187. The molecule has 0 N–H and O–H groups in total. The zero-order valence-corrected chi connectivity index (χ0v) is 14.2. The third kappa shape index (κ3) is 2.82. The van der Waals surface area contributed by atoms with E-state index >= 15 is 0 Å². The van der Waals surface area contributed by atoms with Crippen molar-refractivity contribution in [1.82, 2.24) is 8.87 Å². The van der Waals surface area contributed by atoms with Crippen molar-refractivity contribution < 1.29 is 17.9 Å². The van der Waals surface area contributed by atoms with Crippen molar-refractivity contribution in [3.05, 3.63) is 47.8 Å². The summed E-state index contributed by atoms with van der Waals surface area (Å²) in [6, 6.07) is 9.05. The van der Waals surface area contributed by atoms with Gasteiger partial charge in [-0.25, -0.2) is 8.42 Å². The minimum atomic E-state index is -3.33. The fraction of sp³-hybridized carbons (Fsp3) is 0.375. The molecular formula is C16H20N2O4S. The number of rotatable bonds is 4. The Morgan fingerprint density at radius 2 is 1.83 bits per heavy atom. The van der Waals surface area contributed by atoms with Crippen LogP contribution in [0.3, 0.4) is 0 Å². The van der Waals surface area contributed by atoms with Gasteiger partial charge in [-0.2, -0.15) is 4.31 Å². The smallest absolute Gasteiger partial charge is 0.212 e. The second-order valence-corrected chi connectivity index (χ2v) is 7.45. The zero-order valence-electron chi connectivity index (χ0n) is 13.4. The standard InChI is InChI=1S/C16H20N2O4S/c1-21-14-7-6-12(11-15(14)22-2)16-13-5-4-8-17(13)9-10-18(16)23(3,19)20/h4-8,11,16H,9-10H2,1-3H3. The van der Waals surface area contributed by atoms with Gasteiger partial charge in [0.2, 0.25) is 10.0 Å². The molecule has 1 atom stereocenters. The average Bonchev–Trinajstić information content (AvgIpc) is 3.00. The van der Waals surface area contributed by atoms with Gasteiger partial charge in [-0.15, -0.1) is 0 Å².